The lowest BCUT2D eigenvalue weighted by Crippen LogP contribution is -2.32. The van der Waals surface area contributed by atoms with Crippen molar-refractivity contribution in [3.63, 3.8) is 0 Å². The highest BCUT2D eigenvalue weighted by molar-refractivity contribution is 9.10. The van der Waals surface area contributed by atoms with Crippen LogP contribution >= 0.6 is 15.9 Å². The van der Waals surface area contributed by atoms with Gasteiger partial charge in [0.05, 0.1) is 21.5 Å². The van der Waals surface area contributed by atoms with Gasteiger partial charge in [-0.1, -0.05) is 26.7 Å². The van der Waals surface area contributed by atoms with Gasteiger partial charge in [-0.15, -0.1) is 0 Å². The molecule has 0 fully saturated rings. The number of halogens is 1. The van der Waals surface area contributed by atoms with Crippen molar-refractivity contribution in [2.24, 2.45) is 0 Å². The van der Waals surface area contributed by atoms with Crippen LogP contribution in [-0.2, 0) is 13.0 Å². The maximum atomic E-state index is 10.8. The predicted molar refractivity (Wildman–Crippen MR) is 78.8 cm³/mol. The van der Waals surface area contributed by atoms with E-state index in [1.165, 1.54) is 0 Å². The molecule has 4 heteroatoms. The van der Waals surface area contributed by atoms with Crippen LogP contribution in [0.3, 0.4) is 0 Å². The Bertz CT molecular complexity index is 381. The van der Waals surface area contributed by atoms with E-state index in [1.54, 1.807) is 0 Å². The molecular weight excluding hydrogens is 292 g/mol. The SMILES string of the molecule is CCCC(O)(CCC)Cc1c(Br)c(C)nn1CC. The Balaban J connectivity index is 2.99. The summed E-state index contributed by atoms with van der Waals surface area (Å²) in [5.41, 5.74) is 1.53. The normalized spacial score (nSPS) is 12.1. The maximum absolute atomic E-state index is 10.8. The fraction of sp³-hybridized carbons (Fsp3) is 0.786. The van der Waals surface area contributed by atoms with E-state index in [9.17, 15) is 5.11 Å². The molecule has 0 radical (unpaired) electrons. The molecule has 0 aliphatic heterocycles. The summed E-state index contributed by atoms with van der Waals surface area (Å²) in [7, 11) is 0. The highest BCUT2D eigenvalue weighted by Crippen LogP contribution is 2.29. The zero-order chi connectivity index (χ0) is 13.8. The highest BCUT2D eigenvalue weighted by Gasteiger charge is 2.28. The van der Waals surface area contributed by atoms with Gasteiger partial charge < -0.3 is 5.11 Å². The summed E-state index contributed by atoms with van der Waals surface area (Å²) in [6.45, 7) is 9.17. The Kier molecular flexibility index (Phi) is 5.86. The van der Waals surface area contributed by atoms with Gasteiger partial charge in [-0.2, -0.15) is 5.10 Å². The van der Waals surface area contributed by atoms with E-state index in [1.807, 2.05) is 11.6 Å². The third-order valence-corrected chi connectivity index (χ3v) is 4.41. The van der Waals surface area contributed by atoms with Crippen LogP contribution in [0.1, 0.15) is 57.8 Å². The van der Waals surface area contributed by atoms with Crippen LogP contribution in [0.25, 0.3) is 0 Å². The summed E-state index contributed by atoms with van der Waals surface area (Å²) in [5, 5.41) is 15.2. The molecule has 104 valence electrons. The monoisotopic (exact) mass is 316 g/mol. The largest absolute Gasteiger partial charge is 0.389 e. The van der Waals surface area contributed by atoms with E-state index in [0.29, 0.717) is 6.42 Å². The van der Waals surface area contributed by atoms with Gasteiger partial charge in [0.15, 0.2) is 0 Å². The van der Waals surface area contributed by atoms with Crippen molar-refractivity contribution in [3.05, 3.63) is 15.9 Å². The van der Waals surface area contributed by atoms with Crippen LogP contribution in [0, 0.1) is 6.92 Å². The summed E-state index contributed by atoms with van der Waals surface area (Å²) in [6.07, 6.45) is 4.40. The predicted octanol–water partition coefficient (Wildman–Crippen LogP) is 3.85. The Morgan fingerprint density at radius 3 is 2.22 bits per heavy atom. The van der Waals surface area contributed by atoms with E-state index in [4.69, 9.17) is 0 Å². The zero-order valence-corrected chi connectivity index (χ0v) is 13.5. The number of nitrogens with zero attached hydrogens (tertiary/aromatic N) is 2. The molecule has 0 aromatic carbocycles. The number of aliphatic hydroxyl groups is 1. The smallest absolute Gasteiger partial charge is 0.0738 e. The van der Waals surface area contributed by atoms with Crippen molar-refractivity contribution in [2.75, 3.05) is 0 Å². The van der Waals surface area contributed by atoms with Gasteiger partial charge in [0, 0.05) is 13.0 Å². The van der Waals surface area contributed by atoms with E-state index in [2.05, 4.69) is 41.8 Å². The summed E-state index contributed by atoms with van der Waals surface area (Å²) >= 11 is 3.60. The first-order chi connectivity index (χ1) is 8.47. The maximum Gasteiger partial charge on any atom is 0.0738 e. The van der Waals surface area contributed by atoms with Gasteiger partial charge in [-0.25, -0.2) is 0 Å². The van der Waals surface area contributed by atoms with E-state index in [-0.39, 0.29) is 0 Å². The summed E-state index contributed by atoms with van der Waals surface area (Å²) in [4.78, 5) is 0. The fourth-order valence-corrected chi connectivity index (χ4v) is 3.01. The molecule has 1 aromatic heterocycles. The van der Waals surface area contributed by atoms with Crippen molar-refractivity contribution < 1.29 is 5.11 Å². The average molecular weight is 317 g/mol. The van der Waals surface area contributed by atoms with Gasteiger partial charge in [0.1, 0.15) is 0 Å². The zero-order valence-electron chi connectivity index (χ0n) is 12.0. The van der Waals surface area contributed by atoms with Gasteiger partial charge >= 0.3 is 0 Å². The van der Waals surface area contributed by atoms with Crippen LogP contribution < -0.4 is 0 Å². The van der Waals surface area contributed by atoms with Crippen molar-refractivity contribution in [1.82, 2.24) is 9.78 Å². The Labute approximate surface area is 119 Å². The third-order valence-electron chi connectivity index (χ3n) is 3.38. The molecule has 3 nitrogen and oxygen atoms in total. The molecule has 0 unspecified atom stereocenters. The number of rotatable bonds is 7. The van der Waals surface area contributed by atoms with Crippen molar-refractivity contribution in [2.45, 2.75) is 71.9 Å². The second kappa shape index (κ2) is 6.71. The van der Waals surface area contributed by atoms with Crippen LogP contribution in [-0.4, -0.2) is 20.5 Å². The lowest BCUT2D eigenvalue weighted by molar-refractivity contribution is 0.0196. The fourth-order valence-electron chi connectivity index (χ4n) is 2.58. The minimum Gasteiger partial charge on any atom is -0.389 e. The van der Waals surface area contributed by atoms with Crippen LogP contribution in [0.4, 0.5) is 0 Å². The first-order valence-electron chi connectivity index (χ1n) is 6.91. The lowest BCUT2D eigenvalue weighted by Gasteiger charge is -2.28. The molecule has 0 spiro atoms. The lowest BCUT2D eigenvalue weighted by atomic mass is 9.88. The van der Waals surface area contributed by atoms with E-state index >= 15 is 0 Å². The molecule has 1 rings (SSSR count). The van der Waals surface area contributed by atoms with Crippen molar-refractivity contribution >= 4 is 15.9 Å². The van der Waals surface area contributed by atoms with Crippen LogP contribution in [0.15, 0.2) is 4.47 Å². The van der Waals surface area contributed by atoms with Gasteiger partial charge in [-0.05, 0) is 42.6 Å². The second-order valence-corrected chi connectivity index (χ2v) is 5.86. The standard InChI is InChI=1S/C14H25BrN2O/c1-5-8-14(18,9-6-2)10-12-13(15)11(4)16-17(12)7-3/h18H,5-10H2,1-4H3. The highest BCUT2D eigenvalue weighted by atomic mass is 79.9. The molecule has 0 amide bonds. The van der Waals surface area contributed by atoms with Crippen molar-refractivity contribution in [3.8, 4) is 0 Å². The molecule has 18 heavy (non-hydrogen) atoms. The number of aryl methyl sites for hydroxylation is 2. The first kappa shape index (κ1) is 15.7. The van der Waals surface area contributed by atoms with Gasteiger partial charge in [0.25, 0.3) is 0 Å². The Morgan fingerprint density at radius 1 is 1.22 bits per heavy atom. The molecule has 0 aliphatic carbocycles. The number of hydrogen-bond donors (Lipinski definition) is 1. The first-order valence-corrected chi connectivity index (χ1v) is 7.70. The molecule has 0 saturated carbocycles. The number of hydrogen-bond acceptors (Lipinski definition) is 2. The van der Waals surface area contributed by atoms with Gasteiger partial charge in [0.2, 0.25) is 0 Å². The van der Waals surface area contributed by atoms with E-state index < -0.39 is 5.60 Å². The molecule has 1 N–H and O–H groups in total. The topological polar surface area (TPSA) is 38.1 Å². The van der Waals surface area contributed by atoms with Crippen LogP contribution in [0.5, 0.6) is 0 Å². The Hall–Kier alpha value is -0.350. The number of aromatic nitrogens is 2. The summed E-state index contributed by atoms with van der Waals surface area (Å²) in [6, 6.07) is 0. The Morgan fingerprint density at radius 2 is 1.78 bits per heavy atom. The molecule has 1 heterocycles. The minimum atomic E-state index is -0.592. The molecular formula is C14H25BrN2O. The molecule has 0 bridgehead atoms. The molecule has 1 aromatic rings. The minimum absolute atomic E-state index is 0.592. The third kappa shape index (κ3) is 3.58. The van der Waals surface area contributed by atoms with Crippen molar-refractivity contribution in [1.29, 1.82) is 0 Å². The molecule has 0 aliphatic rings. The molecule has 0 saturated heterocycles. The van der Waals surface area contributed by atoms with E-state index in [0.717, 1.165) is 48.1 Å². The summed E-state index contributed by atoms with van der Waals surface area (Å²) < 4.78 is 3.05. The average Bonchev–Trinajstić information content (AvgIpc) is 2.57. The quantitative estimate of drug-likeness (QED) is 0.829. The summed E-state index contributed by atoms with van der Waals surface area (Å²) in [5.74, 6) is 0. The van der Waals surface area contributed by atoms with Gasteiger partial charge in [-0.3, -0.25) is 4.68 Å². The second-order valence-electron chi connectivity index (χ2n) is 5.06. The van der Waals surface area contributed by atoms with Crippen LogP contribution in [0.2, 0.25) is 0 Å². The molecule has 0 atom stereocenters.